The molecule has 2 N–H and O–H groups in total. The highest BCUT2D eigenvalue weighted by molar-refractivity contribution is 5.40. The SMILES string of the molecule is NC1CCc2cc(OCc3cccnc3)ccc21. The van der Waals surface area contributed by atoms with Gasteiger partial charge in [-0.3, -0.25) is 4.98 Å². The van der Waals surface area contributed by atoms with Crippen LogP contribution >= 0.6 is 0 Å². The van der Waals surface area contributed by atoms with Crippen LogP contribution in [0.2, 0.25) is 0 Å². The summed E-state index contributed by atoms with van der Waals surface area (Å²) in [6, 6.07) is 10.3. The second-order valence-corrected chi connectivity index (χ2v) is 4.66. The fourth-order valence-corrected chi connectivity index (χ4v) is 2.37. The van der Waals surface area contributed by atoms with Gasteiger partial charge < -0.3 is 10.5 Å². The van der Waals surface area contributed by atoms with Crippen LogP contribution < -0.4 is 10.5 Å². The van der Waals surface area contributed by atoms with E-state index in [1.54, 1.807) is 6.20 Å². The molecule has 3 rings (SSSR count). The summed E-state index contributed by atoms with van der Waals surface area (Å²) in [5.41, 5.74) is 9.68. The summed E-state index contributed by atoms with van der Waals surface area (Å²) < 4.78 is 5.77. The van der Waals surface area contributed by atoms with Crippen LogP contribution in [-0.4, -0.2) is 4.98 Å². The van der Waals surface area contributed by atoms with E-state index in [9.17, 15) is 0 Å². The molecule has 3 nitrogen and oxygen atoms in total. The number of hydrogen-bond acceptors (Lipinski definition) is 3. The third-order valence-corrected chi connectivity index (χ3v) is 3.37. The number of ether oxygens (including phenoxy) is 1. The Labute approximate surface area is 107 Å². The standard InChI is InChI=1S/C15H16N2O/c16-15-6-3-12-8-13(4-5-14(12)15)18-10-11-2-1-7-17-9-11/h1-2,4-5,7-9,15H,3,6,10,16H2. The second-order valence-electron chi connectivity index (χ2n) is 4.66. The van der Waals surface area contributed by atoms with Crippen LogP contribution in [-0.2, 0) is 13.0 Å². The number of benzene rings is 1. The lowest BCUT2D eigenvalue weighted by molar-refractivity contribution is 0.305. The van der Waals surface area contributed by atoms with E-state index in [4.69, 9.17) is 10.5 Å². The van der Waals surface area contributed by atoms with E-state index in [1.807, 2.05) is 24.4 Å². The van der Waals surface area contributed by atoms with Crippen molar-refractivity contribution in [3.05, 3.63) is 59.4 Å². The number of hydrogen-bond donors (Lipinski definition) is 1. The van der Waals surface area contributed by atoms with E-state index in [2.05, 4.69) is 17.1 Å². The Morgan fingerprint density at radius 3 is 3.11 bits per heavy atom. The highest BCUT2D eigenvalue weighted by Gasteiger charge is 2.18. The van der Waals surface area contributed by atoms with Gasteiger partial charge in [0.2, 0.25) is 0 Å². The van der Waals surface area contributed by atoms with Crippen molar-refractivity contribution < 1.29 is 4.74 Å². The monoisotopic (exact) mass is 240 g/mol. The molecular formula is C15H16N2O. The van der Waals surface area contributed by atoms with Crippen LogP contribution in [0.15, 0.2) is 42.7 Å². The molecular weight excluding hydrogens is 224 g/mol. The fraction of sp³-hybridized carbons (Fsp3) is 0.267. The van der Waals surface area contributed by atoms with Gasteiger partial charge in [0.15, 0.2) is 0 Å². The largest absolute Gasteiger partial charge is 0.489 e. The average Bonchev–Trinajstić information content (AvgIpc) is 2.79. The maximum Gasteiger partial charge on any atom is 0.120 e. The predicted octanol–water partition coefficient (Wildman–Crippen LogP) is 2.61. The Morgan fingerprint density at radius 1 is 1.33 bits per heavy atom. The first-order valence-corrected chi connectivity index (χ1v) is 6.23. The zero-order valence-electron chi connectivity index (χ0n) is 10.2. The van der Waals surface area contributed by atoms with Crippen molar-refractivity contribution in [3.8, 4) is 5.75 Å². The molecule has 0 saturated carbocycles. The van der Waals surface area contributed by atoms with Crippen molar-refractivity contribution in [1.82, 2.24) is 4.98 Å². The van der Waals surface area contributed by atoms with Gasteiger partial charge in [0.1, 0.15) is 12.4 Å². The normalized spacial score (nSPS) is 17.5. The first-order chi connectivity index (χ1) is 8.83. The van der Waals surface area contributed by atoms with E-state index < -0.39 is 0 Å². The first-order valence-electron chi connectivity index (χ1n) is 6.23. The zero-order valence-corrected chi connectivity index (χ0v) is 10.2. The van der Waals surface area contributed by atoms with Crippen molar-refractivity contribution in [3.63, 3.8) is 0 Å². The molecule has 0 amide bonds. The molecule has 0 radical (unpaired) electrons. The highest BCUT2D eigenvalue weighted by atomic mass is 16.5. The molecule has 1 heterocycles. The van der Waals surface area contributed by atoms with Crippen molar-refractivity contribution in [2.24, 2.45) is 5.73 Å². The van der Waals surface area contributed by atoms with Crippen LogP contribution in [0.4, 0.5) is 0 Å². The number of pyridine rings is 1. The number of aromatic nitrogens is 1. The van der Waals surface area contributed by atoms with Gasteiger partial charge in [-0.05, 0) is 42.2 Å². The summed E-state index contributed by atoms with van der Waals surface area (Å²) in [6.45, 7) is 0.554. The van der Waals surface area contributed by atoms with E-state index in [-0.39, 0.29) is 6.04 Å². The average molecular weight is 240 g/mol. The van der Waals surface area contributed by atoms with Gasteiger partial charge in [0.25, 0.3) is 0 Å². The number of fused-ring (bicyclic) bond motifs is 1. The smallest absolute Gasteiger partial charge is 0.120 e. The van der Waals surface area contributed by atoms with Gasteiger partial charge in [0, 0.05) is 24.0 Å². The van der Waals surface area contributed by atoms with E-state index >= 15 is 0 Å². The van der Waals surface area contributed by atoms with Crippen molar-refractivity contribution in [2.75, 3.05) is 0 Å². The molecule has 1 aromatic carbocycles. The summed E-state index contributed by atoms with van der Waals surface area (Å²) in [5.74, 6) is 0.909. The Bertz CT molecular complexity index is 539. The third kappa shape index (κ3) is 2.22. The summed E-state index contributed by atoms with van der Waals surface area (Å²) >= 11 is 0. The Balaban J connectivity index is 1.71. The molecule has 1 unspecified atom stereocenters. The first kappa shape index (κ1) is 11.2. The predicted molar refractivity (Wildman–Crippen MR) is 70.3 cm³/mol. The van der Waals surface area contributed by atoms with E-state index in [1.165, 1.54) is 11.1 Å². The quantitative estimate of drug-likeness (QED) is 0.897. The van der Waals surface area contributed by atoms with E-state index in [0.717, 1.165) is 24.2 Å². The molecule has 1 aromatic heterocycles. The minimum Gasteiger partial charge on any atom is -0.489 e. The third-order valence-electron chi connectivity index (χ3n) is 3.37. The summed E-state index contributed by atoms with van der Waals surface area (Å²) in [5, 5.41) is 0. The molecule has 0 fully saturated rings. The fourth-order valence-electron chi connectivity index (χ4n) is 2.37. The van der Waals surface area contributed by atoms with Crippen molar-refractivity contribution in [2.45, 2.75) is 25.5 Å². The van der Waals surface area contributed by atoms with Crippen molar-refractivity contribution in [1.29, 1.82) is 0 Å². The minimum absolute atomic E-state index is 0.201. The van der Waals surface area contributed by atoms with Gasteiger partial charge in [0.05, 0.1) is 0 Å². The topological polar surface area (TPSA) is 48.1 Å². The number of aryl methyl sites for hydroxylation is 1. The van der Waals surface area contributed by atoms with E-state index in [0.29, 0.717) is 6.61 Å². The summed E-state index contributed by atoms with van der Waals surface area (Å²) in [7, 11) is 0. The number of rotatable bonds is 3. The molecule has 1 aliphatic rings. The van der Waals surface area contributed by atoms with Gasteiger partial charge in [-0.25, -0.2) is 0 Å². The van der Waals surface area contributed by atoms with Gasteiger partial charge in [-0.2, -0.15) is 0 Å². The Hall–Kier alpha value is -1.87. The molecule has 0 saturated heterocycles. The number of nitrogens with two attached hydrogens (primary N) is 1. The Morgan fingerprint density at radius 2 is 2.28 bits per heavy atom. The van der Waals surface area contributed by atoms with Crippen LogP contribution in [0.3, 0.4) is 0 Å². The van der Waals surface area contributed by atoms with Gasteiger partial charge in [-0.15, -0.1) is 0 Å². The summed E-state index contributed by atoms with van der Waals surface area (Å²) in [6.07, 6.45) is 5.69. The molecule has 1 aliphatic carbocycles. The summed E-state index contributed by atoms with van der Waals surface area (Å²) in [4.78, 5) is 4.07. The molecule has 3 heteroatoms. The lowest BCUT2D eigenvalue weighted by Gasteiger charge is -2.09. The van der Waals surface area contributed by atoms with Crippen LogP contribution in [0.1, 0.15) is 29.2 Å². The number of nitrogens with zero attached hydrogens (tertiary/aromatic N) is 1. The molecule has 92 valence electrons. The lowest BCUT2D eigenvalue weighted by atomic mass is 10.1. The molecule has 0 bridgehead atoms. The molecule has 0 aliphatic heterocycles. The molecule has 18 heavy (non-hydrogen) atoms. The van der Waals surface area contributed by atoms with Crippen molar-refractivity contribution >= 4 is 0 Å². The van der Waals surface area contributed by atoms with Crippen LogP contribution in [0, 0.1) is 0 Å². The molecule has 2 aromatic rings. The lowest BCUT2D eigenvalue weighted by Crippen LogP contribution is -2.05. The molecule has 1 atom stereocenters. The van der Waals surface area contributed by atoms with Gasteiger partial charge >= 0.3 is 0 Å². The maximum absolute atomic E-state index is 6.01. The highest BCUT2D eigenvalue weighted by Crippen LogP contribution is 2.31. The second kappa shape index (κ2) is 4.78. The zero-order chi connectivity index (χ0) is 12.4. The Kier molecular flexibility index (Phi) is 2.99. The van der Waals surface area contributed by atoms with Crippen LogP contribution in [0.5, 0.6) is 5.75 Å². The van der Waals surface area contributed by atoms with Gasteiger partial charge in [-0.1, -0.05) is 12.1 Å². The maximum atomic E-state index is 6.01. The van der Waals surface area contributed by atoms with Crippen LogP contribution in [0.25, 0.3) is 0 Å². The minimum atomic E-state index is 0.201. The molecule has 0 spiro atoms.